The van der Waals surface area contributed by atoms with E-state index in [1.165, 1.54) is 12.5 Å². The molecule has 4 aliphatic heterocycles. The number of anilines is 1. The van der Waals surface area contributed by atoms with E-state index in [4.69, 9.17) is 4.42 Å². The van der Waals surface area contributed by atoms with Crippen LogP contribution in [0.5, 0.6) is 0 Å². The highest BCUT2D eigenvalue weighted by atomic mass is 16.3. The molecule has 5 amide bonds. The van der Waals surface area contributed by atoms with Crippen LogP contribution in [-0.2, 0) is 9.59 Å². The second-order valence-electron chi connectivity index (χ2n) is 10.7. The SMILES string of the molecule is O=C1CCC(N2C(=O)c3cccc(N4CCC(CN5CCN(C(=O)c6ccoc6)CC5)CC4)c3C2=O)C(=O)N1. The van der Waals surface area contributed by atoms with Gasteiger partial charge in [-0.25, -0.2) is 0 Å². The van der Waals surface area contributed by atoms with Gasteiger partial charge in [-0.2, -0.15) is 0 Å². The van der Waals surface area contributed by atoms with Crippen LogP contribution in [0.2, 0.25) is 0 Å². The van der Waals surface area contributed by atoms with Crippen LogP contribution < -0.4 is 10.2 Å². The summed E-state index contributed by atoms with van der Waals surface area (Å²) >= 11 is 0. The molecule has 5 heterocycles. The first-order valence-electron chi connectivity index (χ1n) is 13.5. The minimum atomic E-state index is -0.968. The third kappa shape index (κ3) is 4.71. The maximum absolute atomic E-state index is 13.4. The highest BCUT2D eigenvalue weighted by Gasteiger charge is 2.46. The average molecular weight is 534 g/mol. The van der Waals surface area contributed by atoms with Crippen LogP contribution >= 0.6 is 0 Å². The fraction of sp³-hybridized carbons (Fsp3) is 0.464. The minimum Gasteiger partial charge on any atom is -0.472 e. The molecule has 39 heavy (non-hydrogen) atoms. The molecular weight excluding hydrogens is 502 g/mol. The highest BCUT2D eigenvalue weighted by Crippen LogP contribution is 2.36. The Morgan fingerprint density at radius 1 is 0.923 bits per heavy atom. The summed E-state index contributed by atoms with van der Waals surface area (Å²) in [5.41, 5.74) is 1.98. The van der Waals surface area contributed by atoms with E-state index in [9.17, 15) is 24.0 Å². The Balaban J connectivity index is 1.06. The number of carbonyl (C=O) groups is 5. The Labute approximate surface area is 225 Å². The average Bonchev–Trinajstić information content (AvgIpc) is 3.57. The molecule has 1 unspecified atom stereocenters. The quantitative estimate of drug-likeness (QED) is 0.572. The summed E-state index contributed by atoms with van der Waals surface area (Å²) in [6, 6.07) is 6.01. The Morgan fingerprint density at radius 3 is 2.38 bits per heavy atom. The van der Waals surface area contributed by atoms with Crippen LogP contribution in [-0.4, -0.2) is 96.1 Å². The number of furan rings is 1. The van der Waals surface area contributed by atoms with Gasteiger partial charge >= 0.3 is 0 Å². The Morgan fingerprint density at radius 2 is 1.69 bits per heavy atom. The van der Waals surface area contributed by atoms with Crippen molar-refractivity contribution >= 4 is 35.2 Å². The third-order valence-corrected chi connectivity index (χ3v) is 8.35. The van der Waals surface area contributed by atoms with Crippen molar-refractivity contribution in [2.45, 2.75) is 31.7 Å². The summed E-state index contributed by atoms with van der Waals surface area (Å²) in [5.74, 6) is -1.42. The van der Waals surface area contributed by atoms with E-state index in [2.05, 4.69) is 15.1 Å². The van der Waals surface area contributed by atoms with Crippen LogP contribution in [0.15, 0.2) is 41.2 Å². The topological polar surface area (TPSA) is 123 Å². The molecule has 3 saturated heterocycles. The van der Waals surface area contributed by atoms with Gasteiger partial charge in [0.05, 0.1) is 28.6 Å². The molecule has 0 spiro atoms. The monoisotopic (exact) mass is 533 g/mol. The Hall–Kier alpha value is -3.99. The van der Waals surface area contributed by atoms with Gasteiger partial charge in [-0.05, 0) is 43.4 Å². The van der Waals surface area contributed by atoms with Crippen molar-refractivity contribution in [3.8, 4) is 0 Å². The number of rotatable bonds is 5. The minimum absolute atomic E-state index is 0.0105. The van der Waals surface area contributed by atoms with Crippen molar-refractivity contribution in [3.05, 3.63) is 53.5 Å². The van der Waals surface area contributed by atoms with Crippen LogP contribution in [0.4, 0.5) is 5.69 Å². The van der Waals surface area contributed by atoms with Gasteiger partial charge in [0, 0.05) is 52.2 Å². The fourth-order valence-electron chi connectivity index (χ4n) is 6.18. The molecule has 1 aromatic carbocycles. The number of benzene rings is 1. The van der Waals surface area contributed by atoms with Gasteiger partial charge in [0.1, 0.15) is 12.3 Å². The van der Waals surface area contributed by atoms with Crippen LogP contribution in [0.3, 0.4) is 0 Å². The summed E-state index contributed by atoms with van der Waals surface area (Å²) in [6.07, 6.45) is 5.15. The van der Waals surface area contributed by atoms with Crippen LogP contribution in [0, 0.1) is 5.92 Å². The predicted octanol–water partition coefficient (Wildman–Crippen LogP) is 1.36. The third-order valence-electron chi connectivity index (χ3n) is 8.35. The van der Waals surface area contributed by atoms with Crippen molar-refractivity contribution in [1.29, 1.82) is 0 Å². The zero-order chi connectivity index (χ0) is 27.1. The molecule has 0 bridgehead atoms. The Bertz CT molecular complexity index is 1310. The van der Waals surface area contributed by atoms with E-state index >= 15 is 0 Å². The van der Waals surface area contributed by atoms with Crippen LogP contribution in [0.25, 0.3) is 0 Å². The first kappa shape index (κ1) is 25.3. The van der Waals surface area contributed by atoms with E-state index in [0.717, 1.165) is 56.2 Å². The first-order chi connectivity index (χ1) is 18.9. The fourth-order valence-corrected chi connectivity index (χ4v) is 6.18. The molecule has 6 rings (SSSR count). The maximum atomic E-state index is 13.4. The zero-order valence-corrected chi connectivity index (χ0v) is 21.6. The molecule has 11 heteroatoms. The number of hydrogen-bond donors (Lipinski definition) is 1. The van der Waals surface area contributed by atoms with Crippen molar-refractivity contribution in [2.75, 3.05) is 50.7 Å². The summed E-state index contributed by atoms with van der Waals surface area (Å²) in [6.45, 7) is 5.55. The number of piperazine rings is 1. The predicted molar refractivity (Wildman–Crippen MR) is 139 cm³/mol. The van der Waals surface area contributed by atoms with Gasteiger partial charge in [-0.3, -0.25) is 39.1 Å². The van der Waals surface area contributed by atoms with Gasteiger partial charge in [-0.1, -0.05) is 6.07 Å². The molecule has 0 radical (unpaired) electrons. The van der Waals surface area contributed by atoms with Gasteiger partial charge in [0.2, 0.25) is 11.8 Å². The Kier molecular flexibility index (Phi) is 6.68. The van der Waals surface area contributed by atoms with E-state index in [0.29, 0.717) is 35.7 Å². The van der Waals surface area contributed by atoms with Crippen molar-refractivity contribution in [3.63, 3.8) is 0 Å². The number of imide groups is 2. The largest absolute Gasteiger partial charge is 0.472 e. The first-order valence-corrected chi connectivity index (χ1v) is 13.5. The number of hydrogen-bond acceptors (Lipinski definition) is 8. The van der Waals surface area contributed by atoms with E-state index < -0.39 is 23.8 Å². The highest BCUT2D eigenvalue weighted by molar-refractivity contribution is 6.25. The van der Waals surface area contributed by atoms with Crippen molar-refractivity contribution in [2.24, 2.45) is 5.92 Å². The zero-order valence-electron chi connectivity index (χ0n) is 21.6. The standard InChI is InChI=1S/C28H31N5O6/c34-23-5-4-22(25(35)29-23)33-27(37)20-2-1-3-21(24(20)28(33)38)31-9-6-18(7-10-31)16-30-11-13-32(14-12-30)26(36)19-8-15-39-17-19/h1-3,8,15,17-18,22H,4-7,9-14,16H2,(H,29,34,35). The molecule has 1 atom stereocenters. The maximum Gasteiger partial charge on any atom is 0.264 e. The molecular formula is C28H31N5O6. The molecule has 11 nitrogen and oxygen atoms in total. The molecule has 1 aromatic heterocycles. The lowest BCUT2D eigenvalue weighted by atomic mass is 9.94. The molecule has 4 aliphatic rings. The van der Waals surface area contributed by atoms with Crippen LogP contribution in [0.1, 0.15) is 56.8 Å². The number of amides is 5. The van der Waals surface area contributed by atoms with Gasteiger partial charge in [-0.15, -0.1) is 0 Å². The van der Waals surface area contributed by atoms with Gasteiger partial charge in [0.15, 0.2) is 0 Å². The smallest absolute Gasteiger partial charge is 0.264 e. The summed E-state index contributed by atoms with van der Waals surface area (Å²) in [4.78, 5) is 70.6. The van der Waals surface area contributed by atoms with Crippen molar-refractivity contribution < 1.29 is 28.4 Å². The normalized spacial score (nSPS) is 22.9. The van der Waals surface area contributed by atoms with Gasteiger partial charge < -0.3 is 14.2 Å². The summed E-state index contributed by atoms with van der Waals surface area (Å²) in [5, 5.41) is 2.24. The molecule has 0 saturated carbocycles. The number of nitrogens with one attached hydrogen (secondary N) is 1. The number of nitrogens with zero attached hydrogens (tertiary/aromatic N) is 4. The van der Waals surface area contributed by atoms with Crippen molar-refractivity contribution in [1.82, 2.24) is 20.0 Å². The van der Waals surface area contributed by atoms with E-state index in [1.54, 1.807) is 18.2 Å². The second-order valence-corrected chi connectivity index (χ2v) is 10.7. The number of carbonyl (C=O) groups excluding carboxylic acids is 5. The lowest BCUT2D eigenvalue weighted by Crippen LogP contribution is -2.54. The molecule has 3 fully saturated rings. The second kappa shape index (κ2) is 10.3. The van der Waals surface area contributed by atoms with Gasteiger partial charge in [0.25, 0.3) is 17.7 Å². The van der Waals surface area contributed by atoms with E-state index in [1.807, 2.05) is 11.0 Å². The van der Waals surface area contributed by atoms with E-state index in [-0.39, 0.29) is 24.7 Å². The number of piperidine rings is 2. The lowest BCUT2D eigenvalue weighted by molar-refractivity contribution is -0.136. The summed E-state index contributed by atoms with van der Waals surface area (Å²) < 4.78 is 5.04. The molecule has 2 aromatic rings. The summed E-state index contributed by atoms with van der Waals surface area (Å²) in [7, 11) is 0. The molecule has 1 N–H and O–H groups in total. The number of fused-ring (bicyclic) bond motifs is 1. The lowest BCUT2D eigenvalue weighted by Gasteiger charge is -2.39. The molecule has 204 valence electrons. The molecule has 0 aliphatic carbocycles.